The molecular weight excluding hydrogens is 338 g/mol. The maximum atomic E-state index is 12.2. The van der Waals surface area contributed by atoms with Crippen LogP contribution in [0.4, 0.5) is 0 Å². The number of allylic oxidation sites excluding steroid dienone is 1. The fraction of sp³-hybridized carbons (Fsp3) is 0.737. The third-order valence-corrected chi connectivity index (χ3v) is 4.72. The third kappa shape index (κ3) is 5.54. The summed E-state index contributed by atoms with van der Waals surface area (Å²) in [5, 5.41) is 29.1. The Balaban J connectivity index is 1.80. The number of ether oxygens (including phenoxy) is 2. The molecule has 7 nitrogen and oxygen atoms in total. The van der Waals surface area contributed by atoms with Crippen LogP contribution in [0.15, 0.2) is 24.0 Å². The van der Waals surface area contributed by atoms with Gasteiger partial charge in [0.25, 0.3) is 0 Å². The van der Waals surface area contributed by atoms with E-state index < -0.39 is 24.5 Å². The molecule has 2 aliphatic rings. The Labute approximate surface area is 154 Å². The van der Waals surface area contributed by atoms with Crippen LogP contribution in [0.3, 0.4) is 0 Å². The van der Waals surface area contributed by atoms with Gasteiger partial charge in [-0.1, -0.05) is 45.1 Å². The molecule has 0 amide bonds. The molecule has 1 saturated heterocycles. The van der Waals surface area contributed by atoms with Gasteiger partial charge in [-0.25, -0.2) is 4.79 Å². The first-order valence-electron chi connectivity index (χ1n) is 9.52. The van der Waals surface area contributed by atoms with Crippen molar-refractivity contribution in [1.29, 1.82) is 0 Å². The highest BCUT2D eigenvalue weighted by atomic mass is 16.6. The maximum Gasteiger partial charge on any atom is 0.335 e. The quantitative estimate of drug-likeness (QED) is 0.396. The van der Waals surface area contributed by atoms with Gasteiger partial charge in [0.1, 0.15) is 18.3 Å². The van der Waals surface area contributed by atoms with Crippen molar-refractivity contribution in [2.75, 3.05) is 13.2 Å². The molecule has 1 fully saturated rings. The van der Waals surface area contributed by atoms with Gasteiger partial charge >= 0.3 is 5.97 Å². The second-order valence-corrected chi connectivity index (χ2v) is 6.82. The van der Waals surface area contributed by atoms with Gasteiger partial charge in [0.2, 0.25) is 0 Å². The summed E-state index contributed by atoms with van der Waals surface area (Å²) < 4.78 is 10.8. The lowest BCUT2D eigenvalue weighted by Crippen LogP contribution is -2.40. The number of hydrogen-bond donors (Lipinski definition) is 3. The fourth-order valence-corrected chi connectivity index (χ4v) is 3.14. The van der Waals surface area contributed by atoms with Gasteiger partial charge in [0, 0.05) is 18.8 Å². The van der Waals surface area contributed by atoms with E-state index in [0.29, 0.717) is 18.6 Å². The summed E-state index contributed by atoms with van der Waals surface area (Å²) in [6, 6.07) is 0. The second-order valence-electron chi connectivity index (χ2n) is 6.82. The summed E-state index contributed by atoms with van der Waals surface area (Å²) in [7, 11) is 0. The predicted octanol–water partition coefficient (Wildman–Crippen LogP) is 1.43. The number of hydrogen-bond acceptors (Lipinski definition) is 7. The van der Waals surface area contributed by atoms with Gasteiger partial charge in [-0.15, -0.1) is 0 Å². The molecule has 0 saturated carbocycles. The predicted molar refractivity (Wildman–Crippen MR) is 95.8 cm³/mol. The summed E-state index contributed by atoms with van der Waals surface area (Å²) in [5.41, 5.74) is 0.469. The smallest absolute Gasteiger partial charge is 0.335 e. The van der Waals surface area contributed by atoms with Gasteiger partial charge < -0.3 is 29.7 Å². The van der Waals surface area contributed by atoms with Crippen molar-refractivity contribution in [3.05, 3.63) is 24.0 Å². The minimum Gasteiger partial charge on any atom is -0.462 e. The fourth-order valence-electron chi connectivity index (χ4n) is 3.14. The number of carbonyl (C=O) groups excluding carboxylic acids is 1. The van der Waals surface area contributed by atoms with E-state index in [1.807, 2.05) is 0 Å². The van der Waals surface area contributed by atoms with Gasteiger partial charge in [0.05, 0.1) is 18.8 Å². The highest BCUT2D eigenvalue weighted by Crippen LogP contribution is 2.27. The van der Waals surface area contributed by atoms with Crippen LogP contribution in [0.5, 0.6) is 0 Å². The molecule has 0 aromatic rings. The number of aliphatic hydroxyl groups excluding tert-OH is 3. The van der Waals surface area contributed by atoms with Crippen LogP contribution in [0.1, 0.15) is 51.9 Å². The molecule has 2 rings (SSSR count). The molecule has 0 spiro atoms. The summed E-state index contributed by atoms with van der Waals surface area (Å²) in [4.78, 5) is 13.8. The monoisotopic (exact) mass is 369 g/mol. The van der Waals surface area contributed by atoms with Gasteiger partial charge in [0.15, 0.2) is 6.23 Å². The zero-order valence-corrected chi connectivity index (χ0v) is 15.4. The van der Waals surface area contributed by atoms with Crippen molar-refractivity contribution < 1.29 is 29.6 Å². The van der Waals surface area contributed by atoms with Crippen molar-refractivity contribution >= 4 is 5.97 Å². The van der Waals surface area contributed by atoms with Crippen LogP contribution in [0, 0.1) is 0 Å². The first-order valence-corrected chi connectivity index (χ1v) is 9.52. The van der Waals surface area contributed by atoms with Crippen LogP contribution < -0.4 is 0 Å². The van der Waals surface area contributed by atoms with Gasteiger partial charge in [-0.2, -0.15) is 0 Å². The normalized spacial score (nSPS) is 28.3. The SMILES string of the molecule is CCCCCCCCOC(=O)C1=CN([C@@H]2O[C@H](CO)C(O)C2O)C=CC1. The largest absolute Gasteiger partial charge is 0.462 e. The zero-order valence-electron chi connectivity index (χ0n) is 15.4. The van der Waals surface area contributed by atoms with Gasteiger partial charge in [-0.05, 0) is 6.42 Å². The lowest BCUT2D eigenvalue weighted by atomic mass is 10.1. The average Bonchev–Trinajstić information content (AvgIpc) is 2.95. The molecule has 0 aromatic heterocycles. The van der Waals surface area contributed by atoms with Crippen molar-refractivity contribution in [1.82, 2.24) is 4.90 Å². The maximum absolute atomic E-state index is 12.2. The van der Waals surface area contributed by atoms with Crippen LogP contribution in [-0.4, -0.2) is 63.9 Å². The number of carbonyl (C=O) groups is 1. The highest BCUT2D eigenvalue weighted by molar-refractivity contribution is 5.88. The summed E-state index contributed by atoms with van der Waals surface area (Å²) in [6.07, 6.45) is 8.20. The van der Waals surface area contributed by atoms with E-state index in [1.165, 1.54) is 24.2 Å². The minimum atomic E-state index is -1.17. The molecule has 26 heavy (non-hydrogen) atoms. The van der Waals surface area contributed by atoms with E-state index in [4.69, 9.17) is 9.47 Å². The molecule has 2 aliphatic heterocycles. The number of rotatable bonds is 10. The Morgan fingerprint density at radius 2 is 1.96 bits per heavy atom. The molecule has 0 aromatic carbocycles. The molecule has 148 valence electrons. The molecular formula is C19H31NO6. The van der Waals surface area contributed by atoms with Crippen molar-refractivity contribution in [2.24, 2.45) is 0 Å². The number of unbranched alkanes of at least 4 members (excludes halogenated alkanes) is 5. The number of esters is 1. The van der Waals surface area contributed by atoms with E-state index in [1.54, 1.807) is 18.5 Å². The minimum absolute atomic E-state index is 0.375. The van der Waals surface area contributed by atoms with Gasteiger partial charge in [-0.3, -0.25) is 0 Å². The Morgan fingerprint density at radius 1 is 1.23 bits per heavy atom. The molecule has 0 aliphatic carbocycles. The first-order chi connectivity index (χ1) is 12.6. The lowest BCUT2D eigenvalue weighted by molar-refractivity contribution is -0.139. The van der Waals surface area contributed by atoms with Crippen molar-refractivity contribution in [2.45, 2.75) is 76.4 Å². The molecule has 0 bridgehead atoms. The Bertz CT molecular complexity index is 506. The Morgan fingerprint density at radius 3 is 2.65 bits per heavy atom. The molecule has 2 heterocycles. The van der Waals surface area contributed by atoms with Crippen LogP contribution in [0.25, 0.3) is 0 Å². The van der Waals surface area contributed by atoms with Crippen LogP contribution in [-0.2, 0) is 14.3 Å². The lowest BCUT2D eigenvalue weighted by Gasteiger charge is -2.28. The molecule has 7 heteroatoms. The number of nitrogens with zero attached hydrogens (tertiary/aromatic N) is 1. The standard InChI is InChI=1S/C19H31NO6/c1-2-3-4-5-6-7-11-25-19(24)14-9-8-10-20(12-14)18-17(23)16(22)15(13-21)26-18/h8,10,12,15-18,21-23H,2-7,9,11,13H2,1H3/t15-,16?,17?,18-/m1/s1. The summed E-state index contributed by atoms with van der Waals surface area (Å²) in [6.45, 7) is 2.20. The van der Waals surface area contributed by atoms with E-state index in [9.17, 15) is 20.1 Å². The van der Waals surface area contributed by atoms with Crippen molar-refractivity contribution in [3.63, 3.8) is 0 Å². The average molecular weight is 369 g/mol. The van der Waals surface area contributed by atoms with Crippen LogP contribution >= 0.6 is 0 Å². The second kappa shape index (κ2) is 10.7. The van der Waals surface area contributed by atoms with Crippen LogP contribution in [0.2, 0.25) is 0 Å². The van der Waals surface area contributed by atoms with E-state index in [-0.39, 0.29) is 12.6 Å². The Hall–Kier alpha value is -1.41. The van der Waals surface area contributed by atoms with E-state index >= 15 is 0 Å². The first kappa shape index (κ1) is 20.9. The summed E-state index contributed by atoms with van der Waals surface area (Å²) in [5.74, 6) is -0.375. The molecule has 0 radical (unpaired) electrons. The Kier molecular flexibility index (Phi) is 8.58. The molecule has 3 N–H and O–H groups in total. The van der Waals surface area contributed by atoms with E-state index in [2.05, 4.69) is 6.92 Å². The molecule has 4 atom stereocenters. The zero-order chi connectivity index (χ0) is 18.9. The van der Waals surface area contributed by atoms with E-state index in [0.717, 1.165) is 19.3 Å². The highest BCUT2D eigenvalue weighted by Gasteiger charge is 2.44. The van der Waals surface area contributed by atoms with Crippen molar-refractivity contribution in [3.8, 4) is 0 Å². The third-order valence-electron chi connectivity index (χ3n) is 4.72. The topological polar surface area (TPSA) is 99.5 Å². The molecule has 2 unspecified atom stereocenters. The number of aliphatic hydroxyl groups is 3. The summed E-state index contributed by atoms with van der Waals surface area (Å²) >= 11 is 0.